The van der Waals surface area contributed by atoms with Crippen LogP contribution in [0.1, 0.15) is 12.8 Å². The van der Waals surface area contributed by atoms with Crippen LogP contribution in [0.15, 0.2) is 30.6 Å². The van der Waals surface area contributed by atoms with Gasteiger partial charge in [-0.15, -0.1) is 0 Å². The van der Waals surface area contributed by atoms with E-state index in [1.165, 1.54) is 0 Å². The molecule has 7 heteroatoms. The molecule has 2 saturated heterocycles. The Morgan fingerprint density at radius 3 is 2.57 bits per heavy atom. The van der Waals surface area contributed by atoms with Crippen molar-refractivity contribution in [3.63, 3.8) is 0 Å². The van der Waals surface area contributed by atoms with Crippen LogP contribution in [0.2, 0.25) is 0 Å². The normalized spacial score (nSPS) is 20.3. The smallest absolute Gasteiger partial charge is 0.278 e. The zero-order chi connectivity index (χ0) is 15.9. The first kappa shape index (κ1) is 14.3. The van der Waals surface area contributed by atoms with Crippen molar-refractivity contribution in [2.24, 2.45) is 0 Å². The van der Waals surface area contributed by atoms with Crippen LogP contribution in [-0.4, -0.2) is 42.0 Å². The average Bonchev–Trinajstić information content (AvgIpc) is 3.03. The summed E-state index contributed by atoms with van der Waals surface area (Å²) < 4.78 is 11.5. The number of piperidine rings is 1. The standard InChI is InChI=1S/C16H17N3O4/c20-19(21)15-2-1-14(12-3-6-17-11-13(12)15)18-7-4-16(5-8-18)22-9-10-23-16/h1-3,6,11H,4-5,7-10H2. The zero-order valence-corrected chi connectivity index (χ0v) is 12.6. The molecule has 2 aliphatic rings. The topological polar surface area (TPSA) is 77.7 Å². The van der Waals surface area contributed by atoms with Crippen molar-refractivity contribution < 1.29 is 14.4 Å². The first-order chi connectivity index (χ1) is 11.2. The molecule has 0 saturated carbocycles. The van der Waals surface area contributed by atoms with Gasteiger partial charge in [-0.05, 0) is 12.1 Å². The Hall–Kier alpha value is -2.25. The molecule has 23 heavy (non-hydrogen) atoms. The number of pyridine rings is 1. The molecule has 7 nitrogen and oxygen atoms in total. The summed E-state index contributed by atoms with van der Waals surface area (Å²) in [5, 5.41) is 12.6. The van der Waals surface area contributed by atoms with Crippen molar-refractivity contribution in [1.82, 2.24) is 4.98 Å². The summed E-state index contributed by atoms with van der Waals surface area (Å²) in [6.45, 7) is 2.92. The Balaban J connectivity index is 1.67. The summed E-state index contributed by atoms with van der Waals surface area (Å²) in [6, 6.07) is 5.23. The molecule has 0 unspecified atom stereocenters. The van der Waals surface area contributed by atoms with Crippen molar-refractivity contribution in [1.29, 1.82) is 0 Å². The van der Waals surface area contributed by atoms with Crippen molar-refractivity contribution in [3.05, 3.63) is 40.7 Å². The molecule has 0 atom stereocenters. The number of hydrogen-bond donors (Lipinski definition) is 0. The van der Waals surface area contributed by atoms with Crippen molar-refractivity contribution in [3.8, 4) is 0 Å². The maximum atomic E-state index is 11.2. The maximum absolute atomic E-state index is 11.2. The summed E-state index contributed by atoms with van der Waals surface area (Å²) >= 11 is 0. The Bertz CT molecular complexity index is 748. The monoisotopic (exact) mass is 315 g/mol. The first-order valence-corrected chi connectivity index (χ1v) is 7.73. The van der Waals surface area contributed by atoms with E-state index in [1.807, 2.05) is 12.1 Å². The van der Waals surface area contributed by atoms with Crippen LogP contribution in [0, 0.1) is 10.1 Å². The van der Waals surface area contributed by atoms with Crippen molar-refractivity contribution >= 4 is 22.1 Å². The molecule has 1 aromatic carbocycles. The second kappa shape index (κ2) is 5.43. The third-order valence-corrected chi connectivity index (χ3v) is 4.65. The molecule has 0 amide bonds. The number of benzene rings is 1. The number of ether oxygens (including phenoxy) is 2. The van der Waals surface area contributed by atoms with E-state index in [9.17, 15) is 10.1 Å². The molecule has 4 rings (SSSR count). The lowest BCUT2D eigenvalue weighted by atomic mass is 10.0. The minimum Gasteiger partial charge on any atom is -0.371 e. The number of fused-ring (bicyclic) bond motifs is 1. The number of anilines is 1. The van der Waals surface area contributed by atoms with E-state index in [-0.39, 0.29) is 10.6 Å². The van der Waals surface area contributed by atoms with Crippen LogP contribution in [0.25, 0.3) is 10.8 Å². The molecule has 1 spiro atoms. The number of nitrogens with zero attached hydrogens (tertiary/aromatic N) is 3. The lowest BCUT2D eigenvalue weighted by Crippen LogP contribution is -2.45. The molecule has 0 bridgehead atoms. The fourth-order valence-corrected chi connectivity index (χ4v) is 3.47. The number of hydrogen-bond acceptors (Lipinski definition) is 6. The maximum Gasteiger partial charge on any atom is 0.278 e. The van der Waals surface area contributed by atoms with Crippen LogP contribution in [0.3, 0.4) is 0 Å². The zero-order valence-electron chi connectivity index (χ0n) is 12.6. The van der Waals surface area contributed by atoms with Gasteiger partial charge in [0, 0.05) is 55.5 Å². The van der Waals surface area contributed by atoms with Gasteiger partial charge in [0.25, 0.3) is 5.69 Å². The predicted molar refractivity (Wildman–Crippen MR) is 84.5 cm³/mol. The van der Waals surface area contributed by atoms with Crippen LogP contribution < -0.4 is 4.90 Å². The van der Waals surface area contributed by atoms with Gasteiger partial charge in [0.15, 0.2) is 5.79 Å². The third kappa shape index (κ3) is 2.42. The van der Waals surface area contributed by atoms with Crippen LogP contribution >= 0.6 is 0 Å². The van der Waals surface area contributed by atoms with E-state index < -0.39 is 5.79 Å². The first-order valence-electron chi connectivity index (χ1n) is 7.73. The van der Waals surface area contributed by atoms with Gasteiger partial charge in [-0.25, -0.2) is 0 Å². The molecule has 0 radical (unpaired) electrons. The number of rotatable bonds is 2. The lowest BCUT2D eigenvalue weighted by molar-refractivity contribution is -0.383. The summed E-state index contributed by atoms with van der Waals surface area (Å²) in [4.78, 5) is 17.1. The molecule has 120 valence electrons. The highest BCUT2D eigenvalue weighted by Crippen LogP contribution is 2.37. The van der Waals surface area contributed by atoms with E-state index in [0.29, 0.717) is 18.6 Å². The Morgan fingerprint density at radius 2 is 1.87 bits per heavy atom. The van der Waals surface area contributed by atoms with Gasteiger partial charge in [0.05, 0.1) is 23.5 Å². The molecular formula is C16H17N3O4. The van der Waals surface area contributed by atoms with Crippen LogP contribution in [0.5, 0.6) is 0 Å². The molecular weight excluding hydrogens is 298 g/mol. The SMILES string of the molecule is O=[N+]([O-])c1ccc(N2CCC3(CC2)OCCO3)c2ccncc12. The highest BCUT2D eigenvalue weighted by molar-refractivity contribution is 5.99. The fourth-order valence-electron chi connectivity index (χ4n) is 3.47. The number of aromatic nitrogens is 1. The number of nitro benzene ring substituents is 1. The molecule has 2 aromatic rings. The average molecular weight is 315 g/mol. The van der Waals surface area contributed by atoms with Gasteiger partial charge in [0.2, 0.25) is 0 Å². The highest BCUT2D eigenvalue weighted by Gasteiger charge is 2.40. The minimum atomic E-state index is -0.422. The van der Waals surface area contributed by atoms with E-state index >= 15 is 0 Å². The summed E-state index contributed by atoms with van der Waals surface area (Å²) in [5.74, 6) is -0.422. The van der Waals surface area contributed by atoms with Crippen LogP contribution in [0.4, 0.5) is 11.4 Å². The summed E-state index contributed by atoms with van der Waals surface area (Å²) in [6.07, 6.45) is 4.84. The van der Waals surface area contributed by atoms with Gasteiger partial charge in [0.1, 0.15) is 0 Å². The van der Waals surface area contributed by atoms with Crippen molar-refractivity contribution in [2.45, 2.75) is 18.6 Å². The largest absolute Gasteiger partial charge is 0.371 e. The van der Waals surface area contributed by atoms with Gasteiger partial charge in [-0.1, -0.05) is 0 Å². The summed E-state index contributed by atoms with van der Waals surface area (Å²) in [7, 11) is 0. The van der Waals surface area contributed by atoms with Crippen LogP contribution in [-0.2, 0) is 9.47 Å². The van der Waals surface area contributed by atoms with E-state index in [1.54, 1.807) is 18.5 Å². The van der Waals surface area contributed by atoms with Gasteiger partial charge in [-0.2, -0.15) is 0 Å². The third-order valence-electron chi connectivity index (χ3n) is 4.65. The van der Waals surface area contributed by atoms with E-state index in [4.69, 9.17) is 9.47 Å². The highest BCUT2D eigenvalue weighted by atomic mass is 16.7. The Morgan fingerprint density at radius 1 is 1.13 bits per heavy atom. The molecule has 2 aliphatic heterocycles. The van der Waals surface area contributed by atoms with Gasteiger partial charge < -0.3 is 14.4 Å². The minimum absolute atomic E-state index is 0.0905. The molecule has 1 aromatic heterocycles. The number of nitro groups is 1. The number of non-ortho nitro benzene ring substituents is 1. The van der Waals surface area contributed by atoms with E-state index in [2.05, 4.69) is 9.88 Å². The molecule has 0 aliphatic carbocycles. The Kier molecular flexibility index (Phi) is 3.39. The van der Waals surface area contributed by atoms with E-state index in [0.717, 1.165) is 37.0 Å². The molecule has 2 fully saturated rings. The predicted octanol–water partition coefficient (Wildman–Crippen LogP) is 2.49. The quantitative estimate of drug-likeness (QED) is 0.626. The molecule has 3 heterocycles. The Labute approximate surface area is 133 Å². The fraction of sp³-hybridized carbons (Fsp3) is 0.438. The van der Waals surface area contributed by atoms with Gasteiger partial charge >= 0.3 is 0 Å². The van der Waals surface area contributed by atoms with Gasteiger partial charge in [-0.3, -0.25) is 15.1 Å². The second-order valence-electron chi connectivity index (χ2n) is 5.88. The van der Waals surface area contributed by atoms with Crippen molar-refractivity contribution in [2.75, 3.05) is 31.2 Å². The lowest BCUT2D eigenvalue weighted by Gasteiger charge is -2.39. The summed E-state index contributed by atoms with van der Waals surface area (Å²) in [5.41, 5.74) is 1.09. The second-order valence-corrected chi connectivity index (χ2v) is 5.88. The molecule has 0 N–H and O–H groups in total.